The smallest absolute Gasteiger partial charge is 0.182 e. The number of likely N-dealkylation sites (tertiary alicyclic amines) is 1. The molecule has 0 amide bonds. The third-order valence-electron chi connectivity index (χ3n) is 3.83. The summed E-state index contributed by atoms with van der Waals surface area (Å²) in [6.45, 7) is 4.48. The van der Waals surface area contributed by atoms with Crippen molar-refractivity contribution in [2.45, 2.75) is 38.3 Å². The molecule has 2 rings (SSSR count). The number of rotatable bonds is 3. The van der Waals surface area contributed by atoms with E-state index in [4.69, 9.17) is 0 Å². The van der Waals surface area contributed by atoms with Crippen LogP contribution in [0.4, 0.5) is 8.78 Å². The van der Waals surface area contributed by atoms with Gasteiger partial charge in [0, 0.05) is 12.6 Å². The molecule has 20 heavy (non-hydrogen) atoms. The summed E-state index contributed by atoms with van der Waals surface area (Å²) in [4.78, 5) is 14.1. The molecule has 110 valence electrons. The molecule has 0 aliphatic carbocycles. The number of carbonyl (C=O) groups is 1. The van der Waals surface area contributed by atoms with Gasteiger partial charge in [-0.1, -0.05) is 0 Å². The Labute approximate surface area is 117 Å². The molecule has 1 aliphatic heterocycles. The molecule has 1 heterocycles. The summed E-state index contributed by atoms with van der Waals surface area (Å²) in [7, 11) is 0. The van der Waals surface area contributed by atoms with Crippen molar-refractivity contribution in [2.75, 3.05) is 13.1 Å². The minimum absolute atomic E-state index is 0.107. The Morgan fingerprint density at radius 1 is 1.45 bits per heavy atom. The lowest BCUT2D eigenvalue weighted by molar-refractivity contribution is -0.0242. The van der Waals surface area contributed by atoms with Crippen LogP contribution in [0.5, 0.6) is 0 Å². The quantitative estimate of drug-likeness (QED) is 0.866. The average Bonchev–Trinajstić information content (AvgIpc) is 2.36. The van der Waals surface area contributed by atoms with Crippen molar-refractivity contribution in [3.05, 3.63) is 35.4 Å². The van der Waals surface area contributed by atoms with Crippen LogP contribution in [0.25, 0.3) is 0 Å². The monoisotopic (exact) mass is 283 g/mol. The lowest BCUT2D eigenvalue weighted by Crippen LogP contribution is -2.51. The van der Waals surface area contributed by atoms with Gasteiger partial charge in [-0.05, 0) is 45.4 Å². The van der Waals surface area contributed by atoms with E-state index in [0.717, 1.165) is 12.5 Å². The van der Waals surface area contributed by atoms with Gasteiger partial charge in [0.25, 0.3) is 0 Å². The lowest BCUT2D eigenvalue weighted by Gasteiger charge is -2.39. The van der Waals surface area contributed by atoms with Crippen LogP contribution in [0.15, 0.2) is 18.2 Å². The topological polar surface area (TPSA) is 40.5 Å². The van der Waals surface area contributed by atoms with Gasteiger partial charge in [0.2, 0.25) is 0 Å². The van der Waals surface area contributed by atoms with Crippen LogP contribution >= 0.6 is 0 Å². The molecule has 0 radical (unpaired) electrons. The van der Waals surface area contributed by atoms with Crippen LogP contribution in [-0.2, 0) is 0 Å². The second kappa shape index (κ2) is 5.58. The first kappa shape index (κ1) is 15.1. The molecule has 1 aromatic carbocycles. The fourth-order valence-corrected chi connectivity index (χ4v) is 2.67. The van der Waals surface area contributed by atoms with E-state index in [1.54, 1.807) is 13.8 Å². The predicted molar refractivity (Wildman–Crippen MR) is 71.6 cm³/mol. The molecule has 0 saturated carbocycles. The zero-order chi connectivity index (χ0) is 14.9. The average molecular weight is 283 g/mol. The van der Waals surface area contributed by atoms with Gasteiger partial charge in [-0.25, -0.2) is 8.78 Å². The van der Waals surface area contributed by atoms with Gasteiger partial charge in [0.05, 0.1) is 17.2 Å². The summed E-state index contributed by atoms with van der Waals surface area (Å²) in [5.74, 6) is -1.93. The number of piperidine rings is 1. The highest BCUT2D eigenvalue weighted by atomic mass is 19.1. The van der Waals surface area contributed by atoms with Crippen LogP contribution in [-0.4, -0.2) is 40.5 Å². The summed E-state index contributed by atoms with van der Waals surface area (Å²) in [5, 5.41) is 10.1. The number of halogens is 2. The van der Waals surface area contributed by atoms with Gasteiger partial charge in [0.15, 0.2) is 5.78 Å². The molecule has 1 fully saturated rings. The normalized spacial score (nSPS) is 25.4. The number of Topliss-reactive ketones (excluding diaryl/α,β-unsaturated/α-hetero) is 1. The highest BCUT2D eigenvalue weighted by Crippen LogP contribution is 2.23. The summed E-state index contributed by atoms with van der Waals surface area (Å²) >= 11 is 0. The summed E-state index contributed by atoms with van der Waals surface area (Å²) < 4.78 is 26.5. The van der Waals surface area contributed by atoms with E-state index in [9.17, 15) is 18.7 Å². The van der Waals surface area contributed by atoms with Gasteiger partial charge in [-0.3, -0.25) is 9.69 Å². The Morgan fingerprint density at radius 2 is 2.15 bits per heavy atom. The van der Waals surface area contributed by atoms with Crippen molar-refractivity contribution in [1.82, 2.24) is 4.90 Å². The zero-order valence-corrected chi connectivity index (χ0v) is 11.7. The van der Waals surface area contributed by atoms with Crippen molar-refractivity contribution in [1.29, 1.82) is 0 Å². The molecule has 2 atom stereocenters. The number of β-amino-alcohol motifs (C(OH)–C–C–N with tert-alkyl or cyclic N) is 1. The van der Waals surface area contributed by atoms with Gasteiger partial charge >= 0.3 is 0 Å². The highest BCUT2D eigenvalue weighted by molar-refractivity contribution is 6.00. The van der Waals surface area contributed by atoms with Gasteiger partial charge in [-0.2, -0.15) is 0 Å². The summed E-state index contributed by atoms with van der Waals surface area (Å²) in [6, 6.07) is 2.43. The van der Waals surface area contributed by atoms with E-state index < -0.39 is 23.3 Å². The molecule has 1 aromatic rings. The maximum absolute atomic E-state index is 13.7. The third kappa shape index (κ3) is 3.22. The number of ketones is 1. The maximum Gasteiger partial charge on any atom is 0.182 e. The molecular weight excluding hydrogens is 264 g/mol. The predicted octanol–water partition coefficient (Wildman–Crippen LogP) is 2.38. The maximum atomic E-state index is 13.7. The van der Waals surface area contributed by atoms with Crippen LogP contribution in [0, 0.1) is 11.6 Å². The second-order valence-electron chi connectivity index (χ2n) is 5.74. The summed E-state index contributed by atoms with van der Waals surface area (Å²) in [6.07, 6.45) is 1.48. The third-order valence-corrected chi connectivity index (χ3v) is 3.83. The first-order valence-corrected chi connectivity index (χ1v) is 6.76. The number of carbonyl (C=O) groups excluding carboxylic acids is 1. The largest absolute Gasteiger partial charge is 0.389 e. The molecule has 2 unspecified atom stereocenters. The van der Waals surface area contributed by atoms with Crippen molar-refractivity contribution in [3.63, 3.8) is 0 Å². The van der Waals surface area contributed by atoms with Crippen LogP contribution in [0.3, 0.4) is 0 Å². The first-order valence-electron chi connectivity index (χ1n) is 6.76. The standard InChI is InChI=1S/C15H19F2NO2/c1-10(18-7-3-6-15(2,20)9-18)14(19)12-5-4-11(16)8-13(12)17/h4-5,8,10,20H,3,6-7,9H2,1-2H3. The van der Waals surface area contributed by atoms with Crippen molar-refractivity contribution >= 4 is 5.78 Å². The Morgan fingerprint density at radius 3 is 2.75 bits per heavy atom. The molecule has 0 spiro atoms. The molecule has 0 aromatic heterocycles. The van der Waals surface area contributed by atoms with Crippen LogP contribution in [0.1, 0.15) is 37.0 Å². The number of hydrogen-bond donors (Lipinski definition) is 1. The number of hydrogen-bond acceptors (Lipinski definition) is 3. The zero-order valence-electron chi connectivity index (χ0n) is 11.7. The van der Waals surface area contributed by atoms with E-state index in [-0.39, 0.29) is 11.3 Å². The Hall–Kier alpha value is -1.33. The minimum Gasteiger partial charge on any atom is -0.389 e. The van der Waals surface area contributed by atoms with Gasteiger partial charge in [-0.15, -0.1) is 0 Å². The number of nitrogens with zero attached hydrogens (tertiary/aromatic N) is 1. The van der Waals surface area contributed by atoms with Gasteiger partial charge < -0.3 is 5.11 Å². The van der Waals surface area contributed by atoms with E-state index in [1.807, 2.05) is 4.90 Å². The molecule has 5 heteroatoms. The van der Waals surface area contributed by atoms with E-state index in [2.05, 4.69) is 0 Å². The number of aliphatic hydroxyl groups is 1. The molecule has 1 saturated heterocycles. The minimum atomic E-state index is -0.842. The molecular formula is C15H19F2NO2. The molecule has 0 bridgehead atoms. The van der Waals surface area contributed by atoms with E-state index >= 15 is 0 Å². The highest BCUT2D eigenvalue weighted by Gasteiger charge is 2.33. The lowest BCUT2D eigenvalue weighted by atomic mass is 9.92. The Kier molecular flexibility index (Phi) is 4.20. The summed E-state index contributed by atoms with van der Waals surface area (Å²) in [5.41, 5.74) is -0.933. The Balaban J connectivity index is 2.16. The van der Waals surface area contributed by atoms with E-state index in [0.29, 0.717) is 25.6 Å². The van der Waals surface area contributed by atoms with Crippen LogP contribution < -0.4 is 0 Å². The molecule has 1 aliphatic rings. The number of benzene rings is 1. The fraction of sp³-hybridized carbons (Fsp3) is 0.533. The first-order chi connectivity index (χ1) is 9.30. The van der Waals surface area contributed by atoms with Gasteiger partial charge in [0.1, 0.15) is 11.6 Å². The molecule has 3 nitrogen and oxygen atoms in total. The van der Waals surface area contributed by atoms with Crippen LogP contribution in [0.2, 0.25) is 0 Å². The SMILES string of the molecule is CC(C(=O)c1ccc(F)cc1F)N1CCCC(C)(O)C1. The van der Waals surface area contributed by atoms with Crippen molar-refractivity contribution in [3.8, 4) is 0 Å². The molecule has 1 N–H and O–H groups in total. The Bertz CT molecular complexity index is 517. The van der Waals surface area contributed by atoms with Crippen molar-refractivity contribution in [2.24, 2.45) is 0 Å². The second-order valence-corrected chi connectivity index (χ2v) is 5.74. The fourth-order valence-electron chi connectivity index (χ4n) is 2.67. The van der Waals surface area contributed by atoms with Crippen molar-refractivity contribution < 1.29 is 18.7 Å². The van der Waals surface area contributed by atoms with E-state index in [1.165, 1.54) is 6.07 Å².